The molecule has 0 bridgehead atoms. The molecule has 1 fully saturated rings. The molecule has 1 aliphatic carbocycles. The fourth-order valence-corrected chi connectivity index (χ4v) is 5.55. The number of likely N-dealkylation sites (tertiary alicyclic amines) is 1. The summed E-state index contributed by atoms with van der Waals surface area (Å²) in [5.41, 5.74) is 1.68. The third kappa shape index (κ3) is 11.3. The average Bonchev–Trinajstić information content (AvgIpc) is 3.01. The van der Waals surface area contributed by atoms with Gasteiger partial charge in [-0.3, -0.25) is 5.32 Å². The number of carbonyl (C=O) groups excluding carboxylic acids is 2. The number of ether oxygens (including phenoxy) is 2. The van der Waals surface area contributed by atoms with Gasteiger partial charge in [0.05, 0.1) is 17.0 Å². The second kappa shape index (κ2) is 18.4. The minimum absolute atomic E-state index is 0. The maximum atomic E-state index is 12.7. The molecule has 4 rings (SSSR count). The van der Waals surface area contributed by atoms with Gasteiger partial charge in [-0.15, -0.1) is 0 Å². The maximum absolute atomic E-state index is 12.7. The molecule has 0 radical (unpaired) electrons. The van der Waals surface area contributed by atoms with Gasteiger partial charge in [-0.1, -0.05) is 19.9 Å². The number of thioether (sulfide) groups is 1. The SMILES string of the molecule is CC.CSC1(c2cc(NCCO)nc(-c3ccc(NC(=O)OC4=CCCC=C4)cc3)n2)CCN(C(=O)OC(C)(C)C)CC1.O.O.[HH]. The molecule has 1 saturated heterocycles. The maximum Gasteiger partial charge on any atom is 0.417 e. The molecule has 0 spiro atoms. The van der Waals surface area contributed by atoms with Crippen molar-refractivity contribution in [2.45, 2.75) is 70.7 Å². The lowest BCUT2D eigenvalue weighted by Crippen LogP contribution is -2.46. The highest BCUT2D eigenvalue weighted by Crippen LogP contribution is 2.44. The van der Waals surface area contributed by atoms with E-state index >= 15 is 0 Å². The number of allylic oxidation sites excluding steroid dienone is 3. The van der Waals surface area contributed by atoms with E-state index in [0.717, 1.165) is 24.1 Å². The topological polar surface area (TPSA) is 189 Å². The normalized spacial score (nSPS) is 15.2. The number of hydrogen-bond acceptors (Lipinski definition) is 9. The summed E-state index contributed by atoms with van der Waals surface area (Å²) < 4.78 is 10.6. The molecule has 0 atom stereocenters. The van der Waals surface area contributed by atoms with Gasteiger partial charge in [-0.25, -0.2) is 19.6 Å². The molecule has 45 heavy (non-hydrogen) atoms. The first-order valence-electron chi connectivity index (χ1n) is 14.8. The molecule has 2 heterocycles. The summed E-state index contributed by atoms with van der Waals surface area (Å²) in [7, 11) is 0. The fraction of sp³-hybridized carbons (Fsp3) is 0.500. The zero-order valence-corrected chi connectivity index (χ0v) is 27.9. The first-order chi connectivity index (χ1) is 20.6. The van der Waals surface area contributed by atoms with Crippen molar-refractivity contribution in [3.05, 3.63) is 60.0 Å². The number of carbonyl (C=O) groups is 2. The standard InChI is InChI=1S/C30H39N5O5S.C2H6.2H2O.H2/c1-29(2,3)40-28(38)35-17-14-30(41-4,15-18-35)24-20-25(31-16-19-36)34-26(33-24)21-10-12-22(13-11-21)32-27(37)39-23-8-6-5-7-9-23;1-2;;;/h6,8-13,20,36H,5,7,14-19H2,1-4H3,(H,32,37)(H,31,33,34);1-2H3;2*1H2;1H. The molecule has 0 saturated carbocycles. The van der Waals surface area contributed by atoms with Crippen LogP contribution in [0.5, 0.6) is 0 Å². The Kier molecular flexibility index (Phi) is 16.1. The lowest BCUT2D eigenvalue weighted by molar-refractivity contribution is 0.0194. The molecule has 1 aliphatic heterocycles. The molecular formula is C32H51N5O7S. The average molecular weight is 650 g/mol. The molecule has 2 aromatic rings. The van der Waals surface area contributed by atoms with Crippen molar-refractivity contribution in [3.63, 3.8) is 0 Å². The lowest BCUT2D eigenvalue weighted by Gasteiger charge is -2.40. The number of aliphatic hydroxyl groups is 1. The summed E-state index contributed by atoms with van der Waals surface area (Å²) in [5, 5.41) is 15.3. The number of nitrogens with zero attached hydrogens (tertiary/aromatic N) is 3. The van der Waals surface area contributed by atoms with Crippen LogP contribution in [0.4, 0.5) is 21.1 Å². The van der Waals surface area contributed by atoms with E-state index in [1.54, 1.807) is 34.9 Å². The molecular weight excluding hydrogens is 598 g/mol. The largest absolute Gasteiger partial charge is 0.444 e. The Hall–Kier alpha value is -3.65. The zero-order chi connectivity index (χ0) is 31.5. The summed E-state index contributed by atoms with van der Waals surface area (Å²) >= 11 is 1.72. The number of amides is 2. The second-order valence-electron chi connectivity index (χ2n) is 11.0. The predicted octanol–water partition coefficient (Wildman–Crippen LogP) is 5.54. The van der Waals surface area contributed by atoms with Crippen molar-refractivity contribution in [1.29, 1.82) is 0 Å². The third-order valence-corrected chi connectivity index (χ3v) is 8.18. The quantitative estimate of drug-likeness (QED) is 0.330. The van der Waals surface area contributed by atoms with E-state index in [4.69, 9.17) is 19.4 Å². The van der Waals surface area contributed by atoms with E-state index < -0.39 is 11.7 Å². The number of rotatable bonds is 8. The molecule has 2 amide bonds. The van der Waals surface area contributed by atoms with Crippen LogP contribution in [0, 0.1) is 0 Å². The highest BCUT2D eigenvalue weighted by atomic mass is 32.2. The molecule has 252 valence electrons. The van der Waals surface area contributed by atoms with Crippen LogP contribution in [0.1, 0.15) is 67.4 Å². The van der Waals surface area contributed by atoms with Gasteiger partial charge in [0, 0.05) is 38.4 Å². The molecule has 7 N–H and O–H groups in total. The minimum atomic E-state index is -0.552. The first kappa shape index (κ1) is 39.4. The third-order valence-electron chi connectivity index (χ3n) is 6.79. The van der Waals surface area contributed by atoms with Crippen molar-refractivity contribution in [2.24, 2.45) is 0 Å². The molecule has 0 unspecified atom stereocenters. The van der Waals surface area contributed by atoms with Crippen molar-refractivity contribution in [3.8, 4) is 11.4 Å². The van der Waals surface area contributed by atoms with Crippen LogP contribution in [0.15, 0.2) is 54.3 Å². The van der Waals surface area contributed by atoms with Gasteiger partial charge in [0.15, 0.2) is 5.82 Å². The fourth-order valence-electron chi connectivity index (χ4n) is 4.64. The van der Waals surface area contributed by atoms with Crippen LogP contribution >= 0.6 is 11.8 Å². The van der Waals surface area contributed by atoms with E-state index in [-0.39, 0.29) is 29.8 Å². The van der Waals surface area contributed by atoms with Crippen LogP contribution in [0.3, 0.4) is 0 Å². The van der Waals surface area contributed by atoms with E-state index in [1.165, 1.54) is 0 Å². The molecule has 1 aromatic carbocycles. The molecule has 12 nitrogen and oxygen atoms in total. The number of aliphatic hydroxyl groups excluding tert-OH is 1. The summed E-state index contributed by atoms with van der Waals surface area (Å²) in [4.78, 5) is 36.4. The van der Waals surface area contributed by atoms with Crippen LogP contribution in [0.2, 0.25) is 0 Å². The Labute approximate surface area is 271 Å². The Morgan fingerprint density at radius 2 is 1.76 bits per heavy atom. The van der Waals surface area contributed by atoms with Gasteiger partial charge in [0.25, 0.3) is 0 Å². The van der Waals surface area contributed by atoms with Gasteiger partial charge in [-0.2, -0.15) is 11.8 Å². The number of nitrogens with one attached hydrogen (secondary N) is 2. The first-order valence-corrected chi connectivity index (χ1v) is 16.1. The van der Waals surface area contributed by atoms with Gasteiger partial charge >= 0.3 is 12.2 Å². The minimum Gasteiger partial charge on any atom is -0.444 e. The summed E-state index contributed by atoms with van der Waals surface area (Å²) in [6.07, 6.45) is 10.1. The van der Waals surface area contributed by atoms with Gasteiger partial charge in [-0.05, 0) is 89.1 Å². The van der Waals surface area contributed by atoms with Crippen molar-refractivity contribution >= 4 is 35.5 Å². The van der Waals surface area contributed by atoms with Crippen LogP contribution in [-0.4, -0.2) is 81.2 Å². The van der Waals surface area contributed by atoms with Crippen molar-refractivity contribution in [2.75, 3.05) is 43.1 Å². The number of hydrogen-bond donors (Lipinski definition) is 3. The number of anilines is 2. The second-order valence-corrected chi connectivity index (χ2v) is 12.1. The molecule has 1 aromatic heterocycles. The Morgan fingerprint density at radius 1 is 1.09 bits per heavy atom. The van der Waals surface area contributed by atoms with Gasteiger partial charge < -0.3 is 35.7 Å². The predicted molar refractivity (Wildman–Crippen MR) is 183 cm³/mol. The van der Waals surface area contributed by atoms with Crippen LogP contribution < -0.4 is 10.6 Å². The van der Waals surface area contributed by atoms with Crippen molar-refractivity contribution < 1.29 is 36.5 Å². The smallest absolute Gasteiger partial charge is 0.417 e. The van der Waals surface area contributed by atoms with Crippen LogP contribution in [0.25, 0.3) is 11.4 Å². The van der Waals surface area contributed by atoms with Crippen LogP contribution in [-0.2, 0) is 14.2 Å². The van der Waals surface area contributed by atoms with E-state index in [9.17, 15) is 14.7 Å². The van der Waals surface area contributed by atoms with E-state index in [1.807, 2.05) is 65.0 Å². The van der Waals surface area contributed by atoms with E-state index in [2.05, 4.69) is 16.9 Å². The lowest BCUT2D eigenvalue weighted by atomic mass is 9.91. The Bertz CT molecular complexity index is 1290. The molecule has 13 heteroatoms. The summed E-state index contributed by atoms with van der Waals surface area (Å²) in [6.45, 7) is 11.0. The van der Waals surface area contributed by atoms with Crippen molar-refractivity contribution in [1.82, 2.24) is 14.9 Å². The Balaban J connectivity index is 0.00000397. The highest BCUT2D eigenvalue weighted by molar-refractivity contribution is 7.99. The van der Waals surface area contributed by atoms with Gasteiger partial charge in [0.2, 0.25) is 0 Å². The Morgan fingerprint density at radius 3 is 2.31 bits per heavy atom. The summed E-state index contributed by atoms with van der Waals surface area (Å²) in [6, 6.07) is 9.19. The summed E-state index contributed by atoms with van der Waals surface area (Å²) in [5.74, 6) is 1.68. The number of benzene rings is 1. The number of aromatic nitrogens is 2. The molecule has 2 aliphatic rings. The highest BCUT2D eigenvalue weighted by Gasteiger charge is 2.39. The number of piperidine rings is 1. The van der Waals surface area contributed by atoms with E-state index in [0.29, 0.717) is 55.6 Å². The monoisotopic (exact) mass is 649 g/mol. The zero-order valence-electron chi connectivity index (χ0n) is 27.1. The van der Waals surface area contributed by atoms with Gasteiger partial charge in [0.1, 0.15) is 17.2 Å².